The molecule has 0 amide bonds. The SMILES string of the molecule is CN(CCCOc1ccc(F)cc1)S(=O)(=O)CCc1ccccc1. The van der Waals surface area contributed by atoms with Crippen LogP contribution in [0.3, 0.4) is 0 Å². The summed E-state index contributed by atoms with van der Waals surface area (Å²) in [6, 6.07) is 15.3. The van der Waals surface area contributed by atoms with Crippen molar-refractivity contribution in [2.45, 2.75) is 12.8 Å². The Labute approximate surface area is 142 Å². The first-order valence-corrected chi connectivity index (χ1v) is 9.44. The van der Waals surface area contributed by atoms with E-state index in [0.29, 0.717) is 31.7 Å². The number of rotatable bonds is 9. The highest BCUT2D eigenvalue weighted by Gasteiger charge is 2.17. The zero-order valence-electron chi connectivity index (χ0n) is 13.7. The lowest BCUT2D eigenvalue weighted by molar-refractivity contribution is 0.296. The van der Waals surface area contributed by atoms with Crippen LogP contribution in [0.2, 0.25) is 0 Å². The average molecular weight is 351 g/mol. The van der Waals surface area contributed by atoms with E-state index in [-0.39, 0.29) is 11.6 Å². The van der Waals surface area contributed by atoms with Gasteiger partial charge in [0, 0.05) is 13.6 Å². The van der Waals surface area contributed by atoms with Crippen LogP contribution in [0.15, 0.2) is 54.6 Å². The number of aryl methyl sites for hydroxylation is 1. The van der Waals surface area contributed by atoms with Gasteiger partial charge >= 0.3 is 0 Å². The van der Waals surface area contributed by atoms with Crippen LogP contribution in [-0.4, -0.2) is 38.7 Å². The molecule has 0 fully saturated rings. The molecule has 0 saturated carbocycles. The molecule has 24 heavy (non-hydrogen) atoms. The van der Waals surface area contributed by atoms with Gasteiger partial charge in [-0.2, -0.15) is 0 Å². The first kappa shape index (κ1) is 18.4. The molecule has 0 aliphatic heterocycles. The van der Waals surface area contributed by atoms with Crippen molar-refractivity contribution < 1.29 is 17.5 Å². The minimum absolute atomic E-state index is 0.0896. The fourth-order valence-electron chi connectivity index (χ4n) is 2.19. The molecule has 130 valence electrons. The Bertz CT molecular complexity index is 718. The van der Waals surface area contributed by atoms with Crippen LogP contribution in [-0.2, 0) is 16.4 Å². The minimum atomic E-state index is -3.28. The van der Waals surface area contributed by atoms with Gasteiger partial charge in [-0.1, -0.05) is 30.3 Å². The van der Waals surface area contributed by atoms with Crippen molar-refractivity contribution in [1.82, 2.24) is 4.31 Å². The molecular weight excluding hydrogens is 329 g/mol. The standard InChI is InChI=1S/C18H22FNO3S/c1-20(13-5-14-23-18-10-8-17(19)9-11-18)24(21,22)15-12-16-6-3-2-4-7-16/h2-4,6-11H,5,12-15H2,1H3. The summed E-state index contributed by atoms with van der Waals surface area (Å²) >= 11 is 0. The van der Waals surface area contributed by atoms with Crippen LogP contribution in [0.25, 0.3) is 0 Å². The van der Waals surface area contributed by atoms with Gasteiger partial charge in [0.2, 0.25) is 10.0 Å². The molecule has 0 aliphatic carbocycles. The molecule has 0 heterocycles. The number of hydrogen-bond acceptors (Lipinski definition) is 3. The highest BCUT2D eigenvalue weighted by molar-refractivity contribution is 7.89. The Kier molecular flexibility index (Phi) is 6.75. The molecular formula is C18H22FNO3S. The van der Waals surface area contributed by atoms with Gasteiger partial charge in [-0.3, -0.25) is 0 Å². The number of nitrogens with zero attached hydrogens (tertiary/aromatic N) is 1. The van der Waals surface area contributed by atoms with Crippen LogP contribution < -0.4 is 4.74 Å². The topological polar surface area (TPSA) is 46.6 Å². The van der Waals surface area contributed by atoms with Crippen molar-refractivity contribution in [1.29, 1.82) is 0 Å². The van der Waals surface area contributed by atoms with E-state index >= 15 is 0 Å². The lowest BCUT2D eigenvalue weighted by Crippen LogP contribution is -2.31. The lowest BCUT2D eigenvalue weighted by Gasteiger charge is -2.17. The summed E-state index contributed by atoms with van der Waals surface area (Å²) in [4.78, 5) is 0. The maximum atomic E-state index is 12.8. The van der Waals surface area contributed by atoms with Crippen molar-refractivity contribution >= 4 is 10.0 Å². The van der Waals surface area contributed by atoms with Crippen molar-refractivity contribution in [3.05, 3.63) is 66.0 Å². The van der Waals surface area contributed by atoms with Gasteiger partial charge in [-0.25, -0.2) is 17.1 Å². The van der Waals surface area contributed by atoms with Gasteiger partial charge in [-0.15, -0.1) is 0 Å². The molecule has 0 aromatic heterocycles. The first-order valence-electron chi connectivity index (χ1n) is 7.84. The van der Waals surface area contributed by atoms with E-state index in [1.165, 1.54) is 16.4 Å². The van der Waals surface area contributed by atoms with Crippen molar-refractivity contribution in [2.75, 3.05) is 26.0 Å². The van der Waals surface area contributed by atoms with Crippen molar-refractivity contribution in [3.8, 4) is 5.75 Å². The zero-order valence-corrected chi connectivity index (χ0v) is 14.5. The molecule has 0 radical (unpaired) electrons. The summed E-state index contributed by atoms with van der Waals surface area (Å²) in [6.45, 7) is 0.766. The van der Waals surface area contributed by atoms with Crippen LogP contribution in [0.1, 0.15) is 12.0 Å². The predicted octanol–water partition coefficient (Wildman–Crippen LogP) is 3.10. The summed E-state index contributed by atoms with van der Waals surface area (Å²) in [5.74, 6) is 0.351. The number of halogens is 1. The third-order valence-corrected chi connectivity index (χ3v) is 5.52. The van der Waals surface area contributed by atoms with E-state index in [0.717, 1.165) is 5.56 Å². The Morgan fingerprint density at radius 3 is 2.38 bits per heavy atom. The van der Waals surface area contributed by atoms with Gasteiger partial charge in [0.25, 0.3) is 0 Å². The normalized spacial score (nSPS) is 11.6. The molecule has 0 bridgehead atoms. The van der Waals surface area contributed by atoms with Gasteiger partial charge in [-0.05, 0) is 42.7 Å². The highest BCUT2D eigenvalue weighted by Crippen LogP contribution is 2.11. The van der Waals surface area contributed by atoms with Crippen LogP contribution in [0, 0.1) is 5.82 Å². The van der Waals surface area contributed by atoms with Crippen LogP contribution >= 0.6 is 0 Å². The fourth-order valence-corrected chi connectivity index (χ4v) is 3.41. The number of ether oxygens (including phenoxy) is 1. The summed E-state index contributed by atoms with van der Waals surface area (Å²) in [5, 5.41) is 0. The maximum Gasteiger partial charge on any atom is 0.214 e. The largest absolute Gasteiger partial charge is 0.494 e. The zero-order chi connectivity index (χ0) is 17.4. The third kappa shape index (κ3) is 5.94. The molecule has 0 aliphatic rings. The Morgan fingerprint density at radius 1 is 1.04 bits per heavy atom. The minimum Gasteiger partial charge on any atom is -0.494 e. The second-order valence-corrected chi connectivity index (χ2v) is 7.72. The monoisotopic (exact) mass is 351 g/mol. The molecule has 0 spiro atoms. The van der Waals surface area contributed by atoms with Gasteiger partial charge in [0.05, 0.1) is 12.4 Å². The fraction of sp³-hybridized carbons (Fsp3) is 0.333. The van der Waals surface area contributed by atoms with E-state index in [4.69, 9.17) is 4.74 Å². The quantitative estimate of drug-likeness (QED) is 0.652. The van der Waals surface area contributed by atoms with E-state index < -0.39 is 10.0 Å². The van der Waals surface area contributed by atoms with Crippen LogP contribution in [0.4, 0.5) is 4.39 Å². The predicted molar refractivity (Wildman–Crippen MR) is 93.1 cm³/mol. The van der Waals surface area contributed by atoms with E-state index in [1.807, 2.05) is 30.3 Å². The third-order valence-electron chi connectivity index (χ3n) is 3.67. The van der Waals surface area contributed by atoms with Gasteiger partial charge in [0.1, 0.15) is 11.6 Å². The Balaban J connectivity index is 1.72. The second kappa shape index (κ2) is 8.80. The summed E-state index contributed by atoms with van der Waals surface area (Å²) in [5.41, 5.74) is 1.01. The summed E-state index contributed by atoms with van der Waals surface area (Å²) in [7, 11) is -1.70. The molecule has 4 nitrogen and oxygen atoms in total. The summed E-state index contributed by atoms with van der Waals surface area (Å²) in [6.07, 6.45) is 1.07. The molecule has 2 rings (SSSR count). The van der Waals surface area contributed by atoms with Crippen molar-refractivity contribution in [3.63, 3.8) is 0 Å². The average Bonchev–Trinajstić information content (AvgIpc) is 2.59. The van der Waals surface area contributed by atoms with Crippen molar-refractivity contribution in [2.24, 2.45) is 0 Å². The number of benzene rings is 2. The van der Waals surface area contributed by atoms with E-state index in [1.54, 1.807) is 19.2 Å². The Morgan fingerprint density at radius 2 is 1.71 bits per heavy atom. The molecule has 0 saturated heterocycles. The van der Waals surface area contributed by atoms with Crippen LogP contribution in [0.5, 0.6) is 5.75 Å². The lowest BCUT2D eigenvalue weighted by atomic mass is 10.2. The number of sulfonamides is 1. The first-order chi connectivity index (χ1) is 11.5. The Hall–Kier alpha value is -1.92. The van der Waals surface area contributed by atoms with Gasteiger partial charge in [0.15, 0.2) is 0 Å². The highest BCUT2D eigenvalue weighted by atomic mass is 32.2. The molecule has 0 N–H and O–H groups in total. The molecule has 6 heteroatoms. The second-order valence-electron chi connectivity index (χ2n) is 5.53. The molecule has 2 aromatic carbocycles. The molecule has 2 aromatic rings. The molecule has 0 atom stereocenters. The van der Waals surface area contributed by atoms with Gasteiger partial charge < -0.3 is 4.74 Å². The molecule has 0 unspecified atom stereocenters. The van der Waals surface area contributed by atoms with E-state index in [9.17, 15) is 12.8 Å². The number of hydrogen-bond donors (Lipinski definition) is 0. The van der Waals surface area contributed by atoms with E-state index in [2.05, 4.69) is 0 Å². The maximum absolute atomic E-state index is 12.8. The summed E-state index contributed by atoms with van der Waals surface area (Å²) < 4.78 is 44.1. The smallest absolute Gasteiger partial charge is 0.214 e.